The molecular formula is C21H25ClN2O3. The summed E-state index contributed by atoms with van der Waals surface area (Å²) >= 11 is 6.09. The summed E-state index contributed by atoms with van der Waals surface area (Å²) in [4.78, 5) is 26.8. The minimum Gasteiger partial charge on any atom is -0.482 e. The summed E-state index contributed by atoms with van der Waals surface area (Å²) < 4.78 is 5.60. The van der Waals surface area contributed by atoms with Crippen LogP contribution in [0.5, 0.6) is 5.75 Å². The van der Waals surface area contributed by atoms with E-state index in [4.69, 9.17) is 16.3 Å². The Bertz CT molecular complexity index is 795. The Hall–Kier alpha value is -2.53. The number of para-hydroxylation sites is 1. The van der Waals surface area contributed by atoms with Gasteiger partial charge in [-0.25, -0.2) is 0 Å². The monoisotopic (exact) mass is 388 g/mol. The van der Waals surface area contributed by atoms with Crippen molar-refractivity contribution in [2.75, 3.05) is 13.7 Å². The molecule has 5 nitrogen and oxygen atoms in total. The van der Waals surface area contributed by atoms with E-state index in [-0.39, 0.29) is 18.4 Å². The summed E-state index contributed by atoms with van der Waals surface area (Å²) in [6.45, 7) is 4.01. The van der Waals surface area contributed by atoms with Crippen molar-refractivity contribution in [3.63, 3.8) is 0 Å². The maximum absolute atomic E-state index is 12.9. The summed E-state index contributed by atoms with van der Waals surface area (Å²) in [5.74, 6) is -0.0258. The number of ether oxygens (including phenoxy) is 1. The number of likely N-dealkylation sites (N-methyl/N-ethyl adjacent to an activating group) is 1. The number of halogens is 1. The SMILES string of the molecule is CC[C@@H](C(=O)NC)N(Cc1ccccc1C)C(=O)COc1ccccc1Cl. The van der Waals surface area contributed by atoms with E-state index < -0.39 is 6.04 Å². The van der Waals surface area contributed by atoms with E-state index in [0.29, 0.717) is 23.7 Å². The fourth-order valence-electron chi connectivity index (χ4n) is 2.84. The molecule has 2 amide bonds. The Labute approximate surface area is 165 Å². The smallest absolute Gasteiger partial charge is 0.261 e. The third-order valence-corrected chi connectivity index (χ3v) is 4.73. The zero-order valence-corrected chi connectivity index (χ0v) is 16.6. The van der Waals surface area contributed by atoms with Gasteiger partial charge < -0.3 is 15.0 Å². The van der Waals surface area contributed by atoms with E-state index in [9.17, 15) is 9.59 Å². The molecule has 1 atom stereocenters. The average molecular weight is 389 g/mol. The lowest BCUT2D eigenvalue weighted by Gasteiger charge is -2.30. The van der Waals surface area contributed by atoms with Gasteiger partial charge in [0.05, 0.1) is 5.02 Å². The molecule has 144 valence electrons. The summed E-state index contributed by atoms with van der Waals surface area (Å²) in [7, 11) is 1.57. The van der Waals surface area contributed by atoms with Gasteiger partial charge in [0.15, 0.2) is 6.61 Å². The van der Waals surface area contributed by atoms with Crippen molar-refractivity contribution < 1.29 is 14.3 Å². The number of amides is 2. The molecule has 1 N–H and O–H groups in total. The lowest BCUT2D eigenvalue weighted by molar-refractivity contribution is -0.142. The maximum atomic E-state index is 12.9. The molecule has 27 heavy (non-hydrogen) atoms. The van der Waals surface area contributed by atoms with Crippen LogP contribution in [0.15, 0.2) is 48.5 Å². The van der Waals surface area contributed by atoms with Gasteiger partial charge in [0.2, 0.25) is 5.91 Å². The Morgan fingerprint density at radius 2 is 1.81 bits per heavy atom. The summed E-state index contributed by atoms with van der Waals surface area (Å²) in [5.41, 5.74) is 2.06. The molecule has 0 radical (unpaired) electrons. The van der Waals surface area contributed by atoms with E-state index >= 15 is 0 Å². The van der Waals surface area contributed by atoms with Crippen molar-refractivity contribution >= 4 is 23.4 Å². The minimum atomic E-state index is -0.572. The van der Waals surface area contributed by atoms with Gasteiger partial charge in [0.1, 0.15) is 11.8 Å². The average Bonchev–Trinajstić information content (AvgIpc) is 2.68. The van der Waals surface area contributed by atoms with Crippen LogP contribution in [-0.4, -0.2) is 36.4 Å². The Balaban J connectivity index is 2.22. The first-order valence-corrected chi connectivity index (χ1v) is 9.28. The van der Waals surface area contributed by atoms with Gasteiger partial charge in [-0.2, -0.15) is 0 Å². The summed E-state index contributed by atoms with van der Waals surface area (Å²) in [5, 5.41) is 3.08. The molecule has 6 heteroatoms. The van der Waals surface area contributed by atoms with Crippen molar-refractivity contribution in [3.8, 4) is 5.75 Å². The van der Waals surface area contributed by atoms with Crippen molar-refractivity contribution in [2.45, 2.75) is 32.9 Å². The van der Waals surface area contributed by atoms with E-state index in [1.165, 1.54) is 0 Å². The third-order valence-electron chi connectivity index (χ3n) is 4.42. The highest BCUT2D eigenvalue weighted by atomic mass is 35.5. The number of hydrogen-bond acceptors (Lipinski definition) is 3. The van der Waals surface area contributed by atoms with Gasteiger partial charge in [-0.05, 0) is 36.6 Å². The third kappa shape index (κ3) is 5.47. The van der Waals surface area contributed by atoms with Crippen molar-refractivity contribution in [3.05, 3.63) is 64.7 Å². The van der Waals surface area contributed by atoms with Crippen LogP contribution in [0.2, 0.25) is 5.02 Å². The van der Waals surface area contributed by atoms with Crippen LogP contribution < -0.4 is 10.1 Å². The van der Waals surface area contributed by atoms with Crippen LogP contribution in [-0.2, 0) is 16.1 Å². The van der Waals surface area contributed by atoms with Gasteiger partial charge in [0, 0.05) is 13.6 Å². The van der Waals surface area contributed by atoms with E-state index in [1.54, 1.807) is 36.2 Å². The lowest BCUT2D eigenvalue weighted by Crippen LogP contribution is -2.49. The van der Waals surface area contributed by atoms with E-state index in [2.05, 4.69) is 5.32 Å². The molecule has 0 bridgehead atoms. The van der Waals surface area contributed by atoms with Crippen LogP contribution in [0.3, 0.4) is 0 Å². The summed E-state index contributed by atoms with van der Waals surface area (Å²) in [6, 6.07) is 14.2. The topological polar surface area (TPSA) is 58.6 Å². The molecule has 0 heterocycles. The first-order chi connectivity index (χ1) is 13.0. The molecule has 0 saturated heterocycles. The number of rotatable bonds is 8. The van der Waals surface area contributed by atoms with Crippen LogP contribution >= 0.6 is 11.6 Å². The molecular weight excluding hydrogens is 364 g/mol. The standard InChI is InChI=1S/C21H25ClN2O3/c1-4-18(21(26)23-3)24(13-16-10-6-5-9-15(16)2)20(25)14-27-19-12-8-7-11-17(19)22/h5-12,18H,4,13-14H2,1-3H3,(H,23,26)/t18-/m0/s1. The molecule has 0 aliphatic rings. The highest BCUT2D eigenvalue weighted by molar-refractivity contribution is 6.32. The number of nitrogens with one attached hydrogen (secondary N) is 1. The highest BCUT2D eigenvalue weighted by Crippen LogP contribution is 2.23. The van der Waals surface area contributed by atoms with Crippen LogP contribution in [0.25, 0.3) is 0 Å². The molecule has 0 unspecified atom stereocenters. The largest absolute Gasteiger partial charge is 0.482 e. The highest BCUT2D eigenvalue weighted by Gasteiger charge is 2.28. The number of carbonyl (C=O) groups excluding carboxylic acids is 2. The second kappa shape index (κ2) is 9.97. The number of nitrogens with zero attached hydrogens (tertiary/aromatic N) is 1. The molecule has 2 aromatic carbocycles. The molecule has 0 spiro atoms. The van der Waals surface area contributed by atoms with E-state index in [0.717, 1.165) is 11.1 Å². The normalized spacial score (nSPS) is 11.6. The predicted molar refractivity (Wildman–Crippen MR) is 107 cm³/mol. The van der Waals surface area contributed by atoms with Gasteiger partial charge in [0.25, 0.3) is 5.91 Å². The molecule has 2 rings (SSSR count). The number of hydrogen-bond donors (Lipinski definition) is 1. The molecule has 0 fully saturated rings. The quantitative estimate of drug-likeness (QED) is 0.751. The Kier molecular flexibility index (Phi) is 7.67. The first-order valence-electron chi connectivity index (χ1n) is 8.90. The molecule has 0 aromatic heterocycles. The van der Waals surface area contributed by atoms with Gasteiger partial charge >= 0.3 is 0 Å². The molecule has 0 saturated carbocycles. The van der Waals surface area contributed by atoms with Crippen LogP contribution in [0.1, 0.15) is 24.5 Å². The van der Waals surface area contributed by atoms with Gasteiger partial charge in [-0.1, -0.05) is 54.9 Å². The fraction of sp³-hybridized carbons (Fsp3) is 0.333. The fourth-order valence-corrected chi connectivity index (χ4v) is 3.03. The second-order valence-electron chi connectivity index (χ2n) is 6.21. The predicted octanol–water partition coefficient (Wildman–Crippen LogP) is 3.58. The Morgan fingerprint density at radius 1 is 1.15 bits per heavy atom. The summed E-state index contributed by atoms with van der Waals surface area (Å²) in [6.07, 6.45) is 0.503. The molecule has 2 aromatic rings. The van der Waals surface area contributed by atoms with Crippen molar-refractivity contribution in [1.29, 1.82) is 0 Å². The zero-order valence-electron chi connectivity index (χ0n) is 15.9. The first kappa shape index (κ1) is 20.8. The molecule has 0 aliphatic carbocycles. The Morgan fingerprint density at radius 3 is 2.44 bits per heavy atom. The minimum absolute atomic E-state index is 0.191. The number of benzene rings is 2. The van der Waals surface area contributed by atoms with Crippen LogP contribution in [0, 0.1) is 6.92 Å². The number of carbonyl (C=O) groups is 2. The molecule has 0 aliphatic heterocycles. The second-order valence-corrected chi connectivity index (χ2v) is 6.61. The van der Waals surface area contributed by atoms with Gasteiger partial charge in [-0.15, -0.1) is 0 Å². The van der Waals surface area contributed by atoms with Gasteiger partial charge in [-0.3, -0.25) is 9.59 Å². The van der Waals surface area contributed by atoms with Crippen LogP contribution in [0.4, 0.5) is 0 Å². The zero-order chi connectivity index (χ0) is 19.8. The van der Waals surface area contributed by atoms with Crippen molar-refractivity contribution in [1.82, 2.24) is 10.2 Å². The van der Waals surface area contributed by atoms with E-state index in [1.807, 2.05) is 38.1 Å². The maximum Gasteiger partial charge on any atom is 0.261 e. The van der Waals surface area contributed by atoms with Crippen molar-refractivity contribution in [2.24, 2.45) is 0 Å². The number of aryl methyl sites for hydroxylation is 1. The lowest BCUT2D eigenvalue weighted by atomic mass is 10.1.